The van der Waals surface area contributed by atoms with Crippen LogP contribution in [0.25, 0.3) is 11.1 Å². The minimum atomic E-state index is -1.18. The fourth-order valence-corrected chi connectivity index (χ4v) is 1.46. The lowest BCUT2D eigenvalue weighted by Gasteiger charge is -2.02. The first kappa shape index (κ1) is 9.32. The molecule has 0 aliphatic rings. The number of carbonyl (C=O) groups is 2. The van der Waals surface area contributed by atoms with E-state index in [0.29, 0.717) is 11.1 Å². The van der Waals surface area contributed by atoms with Gasteiger partial charge in [0.2, 0.25) is 0 Å². The van der Waals surface area contributed by atoms with Crippen LogP contribution in [0.3, 0.4) is 0 Å². The van der Waals surface area contributed by atoms with Gasteiger partial charge >= 0.3 is 11.9 Å². The van der Waals surface area contributed by atoms with Gasteiger partial charge in [0.05, 0.1) is 11.8 Å². The predicted molar refractivity (Wildman–Crippen MR) is 48.8 cm³/mol. The highest BCUT2D eigenvalue weighted by Gasteiger charge is 2.17. The Balaban J connectivity index is 2.63. The number of fused-ring (bicyclic) bond motifs is 1. The molecular formula is C9H7NO5. The van der Waals surface area contributed by atoms with Crippen molar-refractivity contribution in [2.24, 2.45) is 0 Å². The van der Waals surface area contributed by atoms with Crippen LogP contribution in [-0.4, -0.2) is 26.7 Å². The molecule has 0 amide bonds. The van der Waals surface area contributed by atoms with Crippen LogP contribution in [0.5, 0.6) is 0 Å². The molecule has 0 aliphatic carbocycles. The second-order valence-electron chi connectivity index (χ2n) is 2.98. The maximum absolute atomic E-state index is 10.8. The molecule has 0 fully saturated rings. The van der Waals surface area contributed by atoms with E-state index in [9.17, 15) is 9.59 Å². The molecule has 6 heteroatoms. The molecule has 0 aromatic carbocycles. The number of rotatable bonds is 3. The van der Waals surface area contributed by atoms with Crippen LogP contribution >= 0.6 is 0 Å². The summed E-state index contributed by atoms with van der Waals surface area (Å²) < 4.78 is 6.18. The number of carboxylic acids is 2. The Labute approximate surface area is 83.3 Å². The summed E-state index contributed by atoms with van der Waals surface area (Å²) in [5, 5.41) is 17.5. The van der Waals surface area contributed by atoms with Crippen LogP contribution in [0, 0.1) is 0 Å². The van der Waals surface area contributed by atoms with Crippen molar-refractivity contribution in [2.45, 2.75) is 6.54 Å². The van der Waals surface area contributed by atoms with E-state index >= 15 is 0 Å². The van der Waals surface area contributed by atoms with Gasteiger partial charge in [0.1, 0.15) is 12.2 Å². The predicted octanol–water partition coefficient (Wildman–Crippen LogP) is 1.02. The van der Waals surface area contributed by atoms with E-state index in [1.54, 1.807) is 0 Å². The summed E-state index contributed by atoms with van der Waals surface area (Å²) in [5.41, 5.74) is 0.746. The van der Waals surface area contributed by atoms with E-state index in [1.165, 1.54) is 23.0 Å². The molecule has 2 aromatic heterocycles. The number of hydrogen-bond acceptors (Lipinski definition) is 3. The van der Waals surface area contributed by atoms with Gasteiger partial charge in [0, 0.05) is 12.1 Å². The number of aliphatic carboxylic acids is 1. The van der Waals surface area contributed by atoms with Crippen LogP contribution in [0.2, 0.25) is 0 Å². The summed E-state index contributed by atoms with van der Waals surface area (Å²) in [6, 6.07) is 2.84. The second-order valence-corrected chi connectivity index (χ2v) is 2.98. The van der Waals surface area contributed by atoms with Gasteiger partial charge in [-0.15, -0.1) is 0 Å². The SMILES string of the molecule is O=C(O)Cn1c(C(=O)O)cc2occc21. The highest BCUT2D eigenvalue weighted by atomic mass is 16.4. The van der Waals surface area contributed by atoms with Crippen LogP contribution in [0.1, 0.15) is 10.5 Å². The van der Waals surface area contributed by atoms with Crippen LogP contribution < -0.4 is 0 Å². The van der Waals surface area contributed by atoms with Crippen molar-refractivity contribution in [3.05, 3.63) is 24.1 Å². The van der Waals surface area contributed by atoms with Crippen molar-refractivity contribution in [1.82, 2.24) is 4.57 Å². The Bertz CT molecular complexity index is 536. The van der Waals surface area contributed by atoms with Gasteiger partial charge < -0.3 is 19.2 Å². The molecular weight excluding hydrogens is 202 g/mol. The monoisotopic (exact) mass is 209 g/mol. The third-order valence-electron chi connectivity index (χ3n) is 2.04. The first-order valence-electron chi connectivity index (χ1n) is 4.11. The number of aromatic carboxylic acids is 1. The Kier molecular flexibility index (Phi) is 1.96. The summed E-state index contributed by atoms with van der Waals surface area (Å²) in [6.45, 7) is -0.398. The molecule has 0 saturated heterocycles. The smallest absolute Gasteiger partial charge is 0.352 e. The Hall–Kier alpha value is -2.24. The summed E-state index contributed by atoms with van der Waals surface area (Å²) in [7, 11) is 0. The zero-order chi connectivity index (χ0) is 11.0. The topological polar surface area (TPSA) is 92.7 Å². The molecule has 2 N–H and O–H groups in total. The fourth-order valence-electron chi connectivity index (χ4n) is 1.46. The highest BCUT2D eigenvalue weighted by molar-refractivity contribution is 5.93. The first-order chi connectivity index (χ1) is 7.09. The molecule has 0 radical (unpaired) electrons. The zero-order valence-corrected chi connectivity index (χ0v) is 7.51. The van der Waals surface area contributed by atoms with Gasteiger partial charge in [0.25, 0.3) is 0 Å². The average Bonchev–Trinajstić information content (AvgIpc) is 2.66. The summed E-state index contributed by atoms with van der Waals surface area (Å²) in [5.74, 6) is -2.28. The third-order valence-corrected chi connectivity index (χ3v) is 2.04. The fraction of sp³-hybridized carbons (Fsp3) is 0.111. The van der Waals surface area contributed by atoms with Crippen LogP contribution in [-0.2, 0) is 11.3 Å². The minimum absolute atomic E-state index is 0.0910. The van der Waals surface area contributed by atoms with Crippen molar-refractivity contribution in [3.63, 3.8) is 0 Å². The molecule has 78 valence electrons. The Morgan fingerprint density at radius 1 is 1.40 bits per heavy atom. The molecule has 6 nitrogen and oxygen atoms in total. The van der Waals surface area contributed by atoms with E-state index in [0.717, 1.165) is 0 Å². The lowest BCUT2D eigenvalue weighted by molar-refractivity contribution is -0.137. The number of hydrogen-bond donors (Lipinski definition) is 2. The lowest BCUT2D eigenvalue weighted by atomic mass is 10.4. The number of carboxylic acid groups (broad SMARTS) is 2. The molecule has 2 rings (SSSR count). The molecule has 0 unspecified atom stereocenters. The first-order valence-corrected chi connectivity index (χ1v) is 4.11. The van der Waals surface area contributed by atoms with Crippen molar-refractivity contribution in [3.8, 4) is 0 Å². The van der Waals surface area contributed by atoms with E-state index in [1.807, 2.05) is 0 Å². The third kappa shape index (κ3) is 1.45. The molecule has 0 aliphatic heterocycles. The van der Waals surface area contributed by atoms with Crippen molar-refractivity contribution in [2.75, 3.05) is 0 Å². The lowest BCUT2D eigenvalue weighted by Crippen LogP contribution is -2.14. The maximum Gasteiger partial charge on any atom is 0.352 e. The van der Waals surface area contributed by atoms with Gasteiger partial charge in [0.15, 0.2) is 5.58 Å². The van der Waals surface area contributed by atoms with E-state index in [2.05, 4.69) is 0 Å². The number of aromatic nitrogens is 1. The van der Waals surface area contributed by atoms with Gasteiger partial charge in [-0.3, -0.25) is 4.79 Å². The Morgan fingerprint density at radius 2 is 2.13 bits per heavy atom. The number of furan rings is 1. The number of nitrogens with zero attached hydrogens (tertiary/aromatic N) is 1. The molecule has 0 atom stereocenters. The Morgan fingerprint density at radius 3 is 2.73 bits per heavy atom. The van der Waals surface area contributed by atoms with Crippen molar-refractivity contribution >= 4 is 23.0 Å². The van der Waals surface area contributed by atoms with E-state index < -0.39 is 18.5 Å². The van der Waals surface area contributed by atoms with Crippen LogP contribution in [0.15, 0.2) is 22.8 Å². The summed E-state index contributed by atoms with van der Waals surface area (Å²) in [4.78, 5) is 21.4. The van der Waals surface area contributed by atoms with Gasteiger partial charge in [-0.05, 0) is 0 Å². The molecule has 0 spiro atoms. The van der Waals surface area contributed by atoms with E-state index in [4.69, 9.17) is 14.6 Å². The standard InChI is InChI=1S/C9H7NO5/c11-8(12)4-10-5-1-2-15-7(5)3-6(10)9(13)14/h1-3H,4H2,(H,11,12)(H,13,14). The van der Waals surface area contributed by atoms with Crippen molar-refractivity contribution < 1.29 is 24.2 Å². The van der Waals surface area contributed by atoms with Gasteiger partial charge in [-0.1, -0.05) is 0 Å². The normalized spacial score (nSPS) is 10.7. The maximum atomic E-state index is 10.8. The minimum Gasteiger partial charge on any atom is -0.480 e. The largest absolute Gasteiger partial charge is 0.480 e. The zero-order valence-electron chi connectivity index (χ0n) is 7.51. The van der Waals surface area contributed by atoms with Crippen molar-refractivity contribution in [1.29, 1.82) is 0 Å². The van der Waals surface area contributed by atoms with Gasteiger partial charge in [-0.25, -0.2) is 4.79 Å². The summed E-state index contributed by atoms with van der Waals surface area (Å²) >= 11 is 0. The highest BCUT2D eigenvalue weighted by Crippen LogP contribution is 2.20. The molecule has 15 heavy (non-hydrogen) atoms. The molecule has 2 heterocycles. The molecule has 0 bridgehead atoms. The quantitative estimate of drug-likeness (QED) is 0.787. The summed E-state index contributed by atoms with van der Waals surface area (Å²) in [6.07, 6.45) is 1.38. The average molecular weight is 209 g/mol. The van der Waals surface area contributed by atoms with Crippen LogP contribution in [0.4, 0.5) is 0 Å². The van der Waals surface area contributed by atoms with Gasteiger partial charge in [-0.2, -0.15) is 0 Å². The van der Waals surface area contributed by atoms with E-state index in [-0.39, 0.29) is 5.69 Å². The molecule has 2 aromatic rings. The second kappa shape index (κ2) is 3.16. The molecule has 0 saturated carbocycles.